The van der Waals surface area contributed by atoms with Gasteiger partial charge in [-0.05, 0) is 56.8 Å². The van der Waals surface area contributed by atoms with Crippen LogP contribution in [0, 0.1) is 0 Å². The summed E-state index contributed by atoms with van der Waals surface area (Å²) in [6.07, 6.45) is 4.27. The smallest absolute Gasteiger partial charge is 0.263 e. The molecule has 0 unspecified atom stereocenters. The molecule has 0 saturated carbocycles. The normalized spacial score (nSPS) is 20.4. The zero-order valence-corrected chi connectivity index (χ0v) is 13.7. The van der Waals surface area contributed by atoms with Gasteiger partial charge in [0.1, 0.15) is 5.75 Å². The first-order chi connectivity index (χ1) is 10.6. The van der Waals surface area contributed by atoms with Gasteiger partial charge in [-0.3, -0.25) is 4.79 Å². The number of carbonyl (C=O) groups excluding carboxylic acids is 1. The van der Waals surface area contributed by atoms with Crippen LogP contribution in [0.5, 0.6) is 5.75 Å². The highest BCUT2D eigenvalue weighted by Gasteiger charge is 2.26. The van der Waals surface area contributed by atoms with E-state index in [-0.39, 0.29) is 5.91 Å². The van der Waals surface area contributed by atoms with E-state index in [1.54, 1.807) is 0 Å². The van der Waals surface area contributed by atoms with Gasteiger partial charge in [0, 0.05) is 26.2 Å². The Balaban J connectivity index is 1.66. The topological polar surface area (TPSA) is 32.8 Å². The van der Waals surface area contributed by atoms with E-state index in [0.717, 1.165) is 44.8 Å². The molecule has 0 bridgehead atoms. The molecule has 1 aliphatic carbocycles. The lowest BCUT2D eigenvalue weighted by Gasteiger charge is -2.34. The summed E-state index contributed by atoms with van der Waals surface area (Å²) in [6.45, 7) is 5.37. The van der Waals surface area contributed by atoms with Crippen molar-refractivity contribution in [2.75, 3.05) is 33.2 Å². The summed E-state index contributed by atoms with van der Waals surface area (Å²) in [6, 6.07) is 6.25. The standard InChI is InChI=1S/C18H26N2O2/c1-14(18(21)20-12-10-19(2)11-13-20)22-17-9-5-7-15-6-3-4-8-16(15)17/h5,7,9,14H,3-4,6,8,10-13H2,1-2H3/t14-/m1/s1. The van der Waals surface area contributed by atoms with Crippen LogP contribution in [-0.4, -0.2) is 55.0 Å². The van der Waals surface area contributed by atoms with Crippen molar-refractivity contribution in [2.24, 2.45) is 0 Å². The lowest BCUT2D eigenvalue weighted by Crippen LogP contribution is -2.50. The zero-order chi connectivity index (χ0) is 15.5. The third kappa shape index (κ3) is 3.27. The van der Waals surface area contributed by atoms with Crippen molar-refractivity contribution in [2.45, 2.75) is 38.7 Å². The average Bonchev–Trinajstić information content (AvgIpc) is 2.55. The number of aryl methyl sites for hydroxylation is 1. The molecule has 22 heavy (non-hydrogen) atoms. The quantitative estimate of drug-likeness (QED) is 0.857. The lowest BCUT2D eigenvalue weighted by molar-refractivity contribution is -0.139. The molecule has 0 radical (unpaired) electrons. The number of likely N-dealkylation sites (N-methyl/N-ethyl adjacent to an activating group) is 1. The lowest BCUT2D eigenvalue weighted by atomic mass is 9.91. The molecule has 3 rings (SSSR count). The largest absolute Gasteiger partial charge is 0.481 e. The maximum Gasteiger partial charge on any atom is 0.263 e. The van der Waals surface area contributed by atoms with E-state index in [1.807, 2.05) is 24.0 Å². The Labute approximate surface area is 133 Å². The predicted octanol–water partition coefficient (Wildman–Crippen LogP) is 2.11. The molecule has 4 nitrogen and oxygen atoms in total. The Hall–Kier alpha value is -1.55. The molecule has 4 heteroatoms. The molecular weight excluding hydrogens is 276 g/mol. The number of piperazine rings is 1. The van der Waals surface area contributed by atoms with Gasteiger partial charge < -0.3 is 14.5 Å². The molecule has 0 aromatic heterocycles. The highest BCUT2D eigenvalue weighted by atomic mass is 16.5. The molecule has 1 aromatic carbocycles. The first kappa shape index (κ1) is 15.3. The second kappa shape index (κ2) is 6.69. The molecule has 0 N–H and O–H groups in total. The Morgan fingerprint density at radius 3 is 2.64 bits per heavy atom. The Kier molecular flexibility index (Phi) is 4.67. The summed E-state index contributed by atoms with van der Waals surface area (Å²) < 4.78 is 6.05. The molecular formula is C18H26N2O2. The second-order valence-corrected chi connectivity index (χ2v) is 6.49. The fourth-order valence-electron chi connectivity index (χ4n) is 3.38. The third-order valence-electron chi connectivity index (χ3n) is 4.82. The van der Waals surface area contributed by atoms with Gasteiger partial charge >= 0.3 is 0 Å². The van der Waals surface area contributed by atoms with Crippen LogP contribution in [-0.2, 0) is 17.6 Å². The van der Waals surface area contributed by atoms with Crippen LogP contribution in [0.15, 0.2) is 18.2 Å². The van der Waals surface area contributed by atoms with Crippen LogP contribution in [0.25, 0.3) is 0 Å². The van der Waals surface area contributed by atoms with E-state index in [1.165, 1.54) is 24.0 Å². The number of rotatable bonds is 3. The van der Waals surface area contributed by atoms with Gasteiger partial charge in [-0.15, -0.1) is 0 Å². The van der Waals surface area contributed by atoms with Crippen molar-refractivity contribution >= 4 is 5.91 Å². The maximum atomic E-state index is 12.6. The van der Waals surface area contributed by atoms with Gasteiger partial charge in [-0.2, -0.15) is 0 Å². The van der Waals surface area contributed by atoms with Crippen molar-refractivity contribution in [3.05, 3.63) is 29.3 Å². The number of fused-ring (bicyclic) bond motifs is 1. The predicted molar refractivity (Wildman–Crippen MR) is 87.3 cm³/mol. The van der Waals surface area contributed by atoms with Gasteiger partial charge in [0.2, 0.25) is 0 Å². The van der Waals surface area contributed by atoms with Crippen molar-refractivity contribution in [1.29, 1.82) is 0 Å². The van der Waals surface area contributed by atoms with Crippen LogP contribution >= 0.6 is 0 Å². The van der Waals surface area contributed by atoms with Gasteiger partial charge in [-0.25, -0.2) is 0 Å². The van der Waals surface area contributed by atoms with Crippen LogP contribution < -0.4 is 4.74 Å². The summed E-state index contributed by atoms with van der Waals surface area (Å²) in [5.41, 5.74) is 2.70. The summed E-state index contributed by atoms with van der Waals surface area (Å²) >= 11 is 0. The molecule has 1 saturated heterocycles. The first-order valence-electron chi connectivity index (χ1n) is 8.40. The number of benzene rings is 1. The molecule has 1 amide bonds. The Bertz CT molecular complexity index is 536. The van der Waals surface area contributed by atoms with E-state index in [4.69, 9.17) is 4.74 Å². The maximum absolute atomic E-state index is 12.6. The van der Waals surface area contributed by atoms with E-state index >= 15 is 0 Å². The highest BCUT2D eigenvalue weighted by Crippen LogP contribution is 2.30. The van der Waals surface area contributed by atoms with E-state index in [2.05, 4.69) is 18.0 Å². The van der Waals surface area contributed by atoms with Gasteiger partial charge in [-0.1, -0.05) is 12.1 Å². The molecule has 1 heterocycles. The molecule has 1 aromatic rings. The monoisotopic (exact) mass is 302 g/mol. The van der Waals surface area contributed by atoms with Gasteiger partial charge in [0.25, 0.3) is 5.91 Å². The molecule has 1 atom stereocenters. The molecule has 1 aliphatic heterocycles. The van der Waals surface area contributed by atoms with Crippen molar-refractivity contribution < 1.29 is 9.53 Å². The SMILES string of the molecule is C[C@@H](Oc1cccc2c1CCCC2)C(=O)N1CCN(C)CC1. The zero-order valence-electron chi connectivity index (χ0n) is 13.7. The number of nitrogens with zero attached hydrogens (tertiary/aromatic N) is 2. The fourth-order valence-corrected chi connectivity index (χ4v) is 3.38. The van der Waals surface area contributed by atoms with E-state index in [9.17, 15) is 4.79 Å². The van der Waals surface area contributed by atoms with Crippen LogP contribution in [0.3, 0.4) is 0 Å². The van der Waals surface area contributed by atoms with Crippen LogP contribution in [0.2, 0.25) is 0 Å². The number of ether oxygens (including phenoxy) is 1. The molecule has 0 spiro atoms. The van der Waals surface area contributed by atoms with Crippen molar-refractivity contribution in [3.63, 3.8) is 0 Å². The molecule has 120 valence electrons. The van der Waals surface area contributed by atoms with Crippen LogP contribution in [0.1, 0.15) is 30.9 Å². The number of hydrogen-bond donors (Lipinski definition) is 0. The summed E-state index contributed by atoms with van der Waals surface area (Å²) in [5.74, 6) is 1.02. The molecule has 1 fully saturated rings. The summed E-state index contributed by atoms with van der Waals surface area (Å²) in [4.78, 5) is 16.7. The van der Waals surface area contributed by atoms with Crippen LogP contribution in [0.4, 0.5) is 0 Å². The number of carbonyl (C=O) groups is 1. The summed E-state index contributed by atoms with van der Waals surface area (Å²) in [7, 11) is 2.10. The van der Waals surface area contributed by atoms with Gasteiger partial charge in [0.15, 0.2) is 6.10 Å². The number of amides is 1. The minimum atomic E-state index is -0.406. The van der Waals surface area contributed by atoms with E-state index in [0.29, 0.717) is 0 Å². The van der Waals surface area contributed by atoms with Crippen molar-refractivity contribution in [3.8, 4) is 5.75 Å². The van der Waals surface area contributed by atoms with Gasteiger partial charge in [0.05, 0.1) is 0 Å². The average molecular weight is 302 g/mol. The van der Waals surface area contributed by atoms with Crippen molar-refractivity contribution in [1.82, 2.24) is 9.80 Å². The first-order valence-corrected chi connectivity index (χ1v) is 8.40. The highest BCUT2D eigenvalue weighted by molar-refractivity contribution is 5.81. The molecule has 2 aliphatic rings. The summed E-state index contributed by atoms with van der Waals surface area (Å²) in [5, 5.41) is 0. The fraction of sp³-hybridized carbons (Fsp3) is 0.611. The number of hydrogen-bond acceptors (Lipinski definition) is 3. The minimum Gasteiger partial charge on any atom is -0.481 e. The second-order valence-electron chi connectivity index (χ2n) is 6.49. The minimum absolute atomic E-state index is 0.113. The van der Waals surface area contributed by atoms with E-state index < -0.39 is 6.10 Å². The third-order valence-corrected chi connectivity index (χ3v) is 4.82. The Morgan fingerprint density at radius 2 is 1.86 bits per heavy atom. The Morgan fingerprint density at radius 1 is 1.14 bits per heavy atom.